The van der Waals surface area contributed by atoms with Crippen molar-refractivity contribution in [1.82, 2.24) is 0 Å². The maximum atomic E-state index is 13.0. The van der Waals surface area contributed by atoms with E-state index in [1.54, 1.807) is 0 Å². The van der Waals surface area contributed by atoms with Crippen LogP contribution in [0.15, 0.2) is 18.2 Å². The standard InChI is InChI=1S/C14H16F2O2/c1-2-18-11-5-9(6-11)7-14(17)10-3-4-12(15)13(16)8-10/h3-4,8-9,11H,2,5-7H2,1H3. The van der Waals surface area contributed by atoms with Crippen LogP contribution in [0.1, 0.15) is 36.5 Å². The highest BCUT2D eigenvalue weighted by atomic mass is 19.2. The number of hydrogen-bond donors (Lipinski definition) is 0. The third-order valence-corrected chi connectivity index (χ3v) is 3.31. The fraction of sp³-hybridized carbons (Fsp3) is 0.500. The van der Waals surface area contributed by atoms with E-state index in [0.29, 0.717) is 18.9 Å². The Kier molecular flexibility index (Phi) is 4.07. The summed E-state index contributed by atoms with van der Waals surface area (Å²) in [5.74, 6) is -1.72. The zero-order valence-corrected chi connectivity index (χ0v) is 10.3. The number of benzene rings is 1. The molecule has 4 heteroatoms. The molecule has 0 bridgehead atoms. The molecule has 2 rings (SSSR count). The molecule has 1 aliphatic rings. The molecule has 0 aliphatic heterocycles. The second-order valence-corrected chi connectivity index (χ2v) is 4.67. The SMILES string of the molecule is CCOC1CC(CC(=O)c2ccc(F)c(F)c2)C1. The van der Waals surface area contributed by atoms with Crippen molar-refractivity contribution in [2.24, 2.45) is 5.92 Å². The van der Waals surface area contributed by atoms with E-state index in [9.17, 15) is 13.6 Å². The van der Waals surface area contributed by atoms with Gasteiger partial charge in [0, 0.05) is 18.6 Å². The van der Waals surface area contributed by atoms with Crippen LogP contribution in [0.4, 0.5) is 8.78 Å². The first kappa shape index (κ1) is 13.1. The van der Waals surface area contributed by atoms with E-state index < -0.39 is 11.6 Å². The highest BCUT2D eigenvalue weighted by molar-refractivity contribution is 5.96. The molecule has 0 spiro atoms. The predicted octanol–water partition coefficient (Wildman–Crippen LogP) is 3.35. The van der Waals surface area contributed by atoms with Crippen LogP contribution in [0.3, 0.4) is 0 Å². The number of Topliss-reactive ketones (excluding diaryl/α,β-unsaturated/α-hetero) is 1. The molecule has 0 aromatic heterocycles. The van der Waals surface area contributed by atoms with Crippen LogP contribution in [0.2, 0.25) is 0 Å². The third kappa shape index (κ3) is 2.93. The van der Waals surface area contributed by atoms with Gasteiger partial charge in [-0.3, -0.25) is 4.79 Å². The van der Waals surface area contributed by atoms with Crippen LogP contribution in [-0.4, -0.2) is 18.5 Å². The van der Waals surface area contributed by atoms with Crippen molar-refractivity contribution in [2.75, 3.05) is 6.61 Å². The molecule has 0 atom stereocenters. The molecule has 0 radical (unpaired) electrons. The van der Waals surface area contributed by atoms with Gasteiger partial charge in [0.05, 0.1) is 6.10 Å². The van der Waals surface area contributed by atoms with Crippen LogP contribution in [0.25, 0.3) is 0 Å². The van der Waals surface area contributed by atoms with Gasteiger partial charge in [-0.05, 0) is 43.9 Å². The molecule has 0 unspecified atom stereocenters. The zero-order chi connectivity index (χ0) is 13.1. The Morgan fingerprint density at radius 3 is 2.67 bits per heavy atom. The first-order chi connectivity index (χ1) is 8.60. The molecule has 0 saturated heterocycles. The summed E-state index contributed by atoms with van der Waals surface area (Å²) >= 11 is 0. The lowest BCUT2D eigenvalue weighted by molar-refractivity contribution is -0.0246. The summed E-state index contributed by atoms with van der Waals surface area (Å²) in [6, 6.07) is 3.29. The Hall–Kier alpha value is -1.29. The minimum Gasteiger partial charge on any atom is -0.378 e. The van der Waals surface area contributed by atoms with Gasteiger partial charge in [-0.1, -0.05) is 0 Å². The fourth-order valence-corrected chi connectivity index (χ4v) is 2.26. The molecule has 1 aliphatic carbocycles. The normalized spacial score (nSPS) is 22.6. The first-order valence-electron chi connectivity index (χ1n) is 6.20. The van der Waals surface area contributed by atoms with E-state index in [0.717, 1.165) is 25.0 Å². The van der Waals surface area contributed by atoms with Crippen LogP contribution >= 0.6 is 0 Å². The molecule has 1 saturated carbocycles. The van der Waals surface area contributed by atoms with Crippen LogP contribution in [0.5, 0.6) is 0 Å². The highest BCUT2D eigenvalue weighted by Crippen LogP contribution is 2.33. The summed E-state index contributed by atoms with van der Waals surface area (Å²) in [4.78, 5) is 11.8. The number of ether oxygens (including phenoxy) is 1. The van der Waals surface area contributed by atoms with Gasteiger partial charge >= 0.3 is 0 Å². The fourth-order valence-electron chi connectivity index (χ4n) is 2.26. The lowest BCUT2D eigenvalue weighted by atomic mass is 9.78. The van der Waals surface area contributed by atoms with Gasteiger partial charge in [-0.2, -0.15) is 0 Å². The minimum absolute atomic E-state index is 0.131. The first-order valence-corrected chi connectivity index (χ1v) is 6.20. The van der Waals surface area contributed by atoms with Crippen LogP contribution in [0, 0.1) is 17.6 Å². The van der Waals surface area contributed by atoms with E-state index in [1.807, 2.05) is 6.92 Å². The largest absolute Gasteiger partial charge is 0.378 e. The number of ketones is 1. The van der Waals surface area contributed by atoms with E-state index in [4.69, 9.17) is 4.74 Å². The van der Waals surface area contributed by atoms with Gasteiger partial charge < -0.3 is 4.74 Å². The monoisotopic (exact) mass is 254 g/mol. The average Bonchev–Trinajstić information content (AvgIpc) is 2.30. The number of carbonyl (C=O) groups excluding carboxylic acids is 1. The average molecular weight is 254 g/mol. The molecule has 1 aromatic rings. The highest BCUT2D eigenvalue weighted by Gasteiger charge is 2.31. The van der Waals surface area contributed by atoms with Gasteiger partial charge in [0.1, 0.15) is 0 Å². The molecular formula is C14H16F2O2. The van der Waals surface area contributed by atoms with Gasteiger partial charge in [0.15, 0.2) is 17.4 Å². The van der Waals surface area contributed by atoms with Crippen molar-refractivity contribution in [3.63, 3.8) is 0 Å². The lowest BCUT2D eigenvalue weighted by Gasteiger charge is -2.34. The second-order valence-electron chi connectivity index (χ2n) is 4.67. The third-order valence-electron chi connectivity index (χ3n) is 3.31. The molecule has 1 fully saturated rings. The Balaban J connectivity index is 1.87. The Labute approximate surface area is 105 Å². The predicted molar refractivity (Wildman–Crippen MR) is 63.4 cm³/mol. The summed E-state index contributed by atoms with van der Waals surface area (Å²) in [6.07, 6.45) is 2.40. The summed E-state index contributed by atoms with van der Waals surface area (Å²) in [5.41, 5.74) is 0.244. The Morgan fingerprint density at radius 1 is 1.33 bits per heavy atom. The number of carbonyl (C=O) groups is 1. The molecular weight excluding hydrogens is 238 g/mol. The summed E-state index contributed by atoms with van der Waals surface area (Å²) in [5, 5.41) is 0. The number of rotatable bonds is 5. The summed E-state index contributed by atoms with van der Waals surface area (Å²) in [6.45, 7) is 2.63. The second kappa shape index (κ2) is 5.57. The van der Waals surface area contributed by atoms with Crippen molar-refractivity contribution in [1.29, 1.82) is 0 Å². The van der Waals surface area contributed by atoms with E-state index >= 15 is 0 Å². The topological polar surface area (TPSA) is 26.3 Å². The molecule has 18 heavy (non-hydrogen) atoms. The number of halogens is 2. The lowest BCUT2D eigenvalue weighted by Crippen LogP contribution is -2.32. The van der Waals surface area contributed by atoms with Gasteiger partial charge in [-0.25, -0.2) is 8.78 Å². The molecule has 0 N–H and O–H groups in total. The van der Waals surface area contributed by atoms with Crippen molar-refractivity contribution in [3.05, 3.63) is 35.4 Å². The maximum Gasteiger partial charge on any atom is 0.163 e. The Bertz CT molecular complexity index is 439. The van der Waals surface area contributed by atoms with Crippen molar-refractivity contribution in [2.45, 2.75) is 32.3 Å². The molecule has 98 valence electrons. The van der Waals surface area contributed by atoms with Crippen molar-refractivity contribution in [3.8, 4) is 0 Å². The van der Waals surface area contributed by atoms with Gasteiger partial charge in [0.25, 0.3) is 0 Å². The van der Waals surface area contributed by atoms with Crippen molar-refractivity contribution < 1.29 is 18.3 Å². The maximum absolute atomic E-state index is 13.0. The van der Waals surface area contributed by atoms with Gasteiger partial charge in [-0.15, -0.1) is 0 Å². The number of hydrogen-bond acceptors (Lipinski definition) is 2. The zero-order valence-electron chi connectivity index (χ0n) is 10.3. The smallest absolute Gasteiger partial charge is 0.163 e. The van der Waals surface area contributed by atoms with E-state index in [2.05, 4.69) is 0 Å². The molecule has 2 nitrogen and oxygen atoms in total. The van der Waals surface area contributed by atoms with Crippen LogP contribution in [-0.2, 0) is 4.74 Å². The summed E-state index contributed by atoms with van der Waals surface area (Å²) in [7, 11) is 0. The minimum atomic E-state index is -0.971. The molecule has 0 amide bonds. The van der Waals surface area contributed by atoms with E-state index in [1.165, 1.54) is 6.07 Å². The molecule has 0 heterocycles. The quantitative estimate of drug-likeness (QED) is 0.753. The van der Waals surface area contributed by atoms with Gasteiger partial charge in [0.2, 0.25) is 0 Å². The van der Waals surface area contributed by atoms with Crippen molar-refractivity contribution >= 4 is 5.78 Å². The Morgan fingerprint density at radius 2 is 2.06 bits per heavy atom. The summed E-state index contributed by atoms with van der Waals surface area (Å²) < 4.78 is 31.1. The van der Waals surface area contributed by atoms with Crippen LogP contribution < -0.4 is 0 Å². The molecule has 1 aromatic carbocycles. The van der Waals surface area contributed by atoms with E-state index in [-0.39, 0.29) is 17.5 Å².